The quantitative estimate of drug-likeness (QED) is 0.502. The van der Waals surface area contributed by atoms with E-state index in [1.54, 1.807) is 19.9 Å². The number of halogens is 14. The summed E-state index contributed by atoms with van der Waals surface area (Å²) in [5, 5.41) is 0. The Hall–Kier alpha value is -2.82. The molecule has 0 radical (unpaired) electrons. The average molecular weight is 466 g/mol. The van der Waals surface area contributed by atoms with Crippen molar-refractivity contribution in [2.45, 2.75) is 23.7 Å². The van der Waals surface area contributed by atoms with E-state index in [1.165, 1.54) is 0 Å². The molecule has 2 atom stereocenters. The zero-order valence-electron chi connectivity index (χ0n) is 13.1. The second-order valence-electron chi connectivity index (χ2n) is 5.20. The molecule has 0 aliphatic heterocycles. The molecule has 0 aliphatic rings. The van der Waals surface area contributed by atoms with Crippen LogP contribution < -0.4 is 0 Å². The lowest BCUT2D eigenvalue weighted by Gasteiger charge is -2.38. The first kappa shape index (κ1) is 23.5. The van der Waals surface area contributed by atoms with Gasteiger partial charge in [0, 0.05) is 0 Å². The molecule has 2 heterocycles. The standard InChI is InChI=1S/C12F14N4/c13-1-3(15)27-7(28-4(1)16)9(19,11(21,22)23)10(20,12(24,25)26)8-29-5(17)2(14)6(18)30-8. The molecule has 4 nitrogen and oxygen atoms in total. The van der Waals surface area contributed by atoms with Gasteiger partial charge in [0.25, 0.3) is 23.8 Å². The summed E-state index contributed by atoms with van der Waals surface area (Å²) in [5.41, 5.74) is -13.6. The maximum Gasteiger partial charge on any atom is 0.434 e. The summed E-state index contributed by atoms with van der Waals surface area (Å²) < 4.78 is 188. The fraction of sp³-hybridized carbons (Fsp3) is 0.333. The van der Waals surface area contributed by atoms with Crippen LogP contribution in [0.15, 0.2) is 0 Å². The van der Waals surface area contributed by atoms with E-state index in [4.69, 9.17) is 0 Å². The fourth-order valence-electron chi connectivity index (χ4n) is 2.05. The second kappa shape index (κ2) is 6.86. The zero-order valence-corrected chi connectivity index (χ0v) is 13.1. The second-order valence-corrected chi connectivity index (χ2v) is 5.20. The highest BCUT2D eigenvalue weighted by Gasteiger charge is 2.84. The molecule has 0 N–H and O–H groups in total. The fourth-order valence-corrected chi connectivity index (χ4v) is 2.05. The van der Waals surface area contributed by atoms with E-state index < -0.39 is 70.8 Å². The number of hydrogen-bond donors (Lipinski definition) is 0. The van der Waals surface area contributed by atoms with Crippen LogP contribution in [0, 0.1) is 35.4 Å². The molecule has 2 rings (SSSR count). The highest BCUT2D eigenvalue weighted by Crippen LogP contribution is 2.60. The maximum absolute atomic E-state index is 14.9. The number of aromatic nitrogens is 4. The smallest absolute Gasteiger partial charge is 0.220 e. The van der Waals surface area contributed by atoms with E-state index in [1.807, 2.05) is 0 Å². The summed E-state index contributed by atoms with van der Waals surface area (Å²) >= 11 is 0. The summed E-state index contributed by atoms with van der Waals surface area (Å²) in [6, 6.07) is 0. The van der Waals surface area contributed by atoms with Crippen LogP contribution in [0.4, 0.5) is 61.5 Å². The zero-order chi connectivity index (χ0) is 23.4. The van der Waals surface area contributed by atoms with E-state index in [0.717, 1.165) is 0 Å². The maximum atomic E-state index is 14.9. The van der Waals surface area contributed by atoms with Gasteiger partial charge in [0.05, 0.1) is 0 Å². The first-order valence-corrected chi connectivity index (χ1v) is 6.68. The Morgan fingerprint density at radius 2 is 0.600 bits per heavy atom. The molecule has 18 heteroatoms. The number of nitrogens with zero attached hydrogens (tertiary/aromatic N) is 4. The van der Waals surface area contributed by atoms with Gasteiger partial charge >= 0.3 is 23.7 Å². The van der Waals surface area contributed by atoms with Crippen molar-refractivity contribution in [2.75, 3.05) is 0 Å². The van der Waals surface area contributed by atoms with Crippen LogP contribution in [-0.2, 0) is 11.3 Å². The average Bonchev–Trinajstić information content (AvgIpc) is 2.59. The summed E-state index contributed by atoms with van der Waals surface area (Å²) in [5.74, 6) is -24.2. The summed E-state index contributed by atoms with van der Waals surface area (Å²) in [6.45, 7) is 0. The molecule has 2 aromatic heterocycles. The molecule has 2 aromatic rings. The minimum absolute atomic E-state index is 1.69. The van der Waals surface area contributed by atoms with Gasteiger partial charge in [0.15, 0.2) is 11.6 Å². The minimum atomic E-state index is -7.20. The third kappa shape index (κ3) is 3.17. The van der Waals surface area contributed by atoms with Crippen molar-refractivity contribution in [2.24, 2.45) is 0 Å². The van der Waals surface area contributed by atoms with E-state index in [0.29, 0.717) is 0 Å². The topological polar surface area (TPSA) is 51.6 Å². The van der Waals surface area contributed by atoms with Gasteiger partial charge in [-0.25, -0.2) is 8.78 Å². The molecule has 0 aliphatic carbocycles. The Morgan fingerprint density at radius 3 is 0.767 bits per heavy atom. The van der Waals surface area contributed by atoms with Gasteiger partial charge < -0.3 is 0 Å². The lowest BCUT2D eigenvalue weighted by atomic mass is 9.82. The van der Waals surface area contributed by atoms with Crippen molar-refractivity contribution in [3.8, 4) is 0 Å². The van der Waals surface area contributed by atoms with Crippen molar-refractivity contribution in [1.29, 1.82) is 0 Å². The van der Waals surface area contributed by atoms with Crippen LogP contribution in [0.2, 0.25) is 0 Å². The Morgan fingerprint density at radius 1 is 0.400 bits per heavy atom. The molecule has 0 saturated heterocycles. The molecule has 0 aromatic carbocycles. The Labute approximate surface area is 153 Å². The minimum Gasteiger partial charge on any atom is -0.220 e. The molecule has 166 valence electrons. The molecular formula is C12F14N4. The van der Waals surface area contributed by atoms with E-state index in [-0.39, 0.29) is 0 Å². The number of hydrogen-bond acceptors (Lipinski definition) is 4. The molecular weight excluding hydrogens is 466 g/mol. The summed E-state index contributed by atoms with van der Waals surface area (Å²) in [4.78, 5) is 6.78. The molecule has 0 bridgehead atoms. The normalized spacial score (nSPS) is 16.9. The number of alkyl halides is 8. The SMILES string of the molecule is Fc1nc(C(F)(C(F)(F)F)C(F)(c2nc(F)c(F)c(F)n2)C(F)(F)F)nc(F)c1F. The van der Waals surface area contributed by atoms with Gasteiger partial charge in [0.2, 0.25) is 11.6 Å². The molecule has 2 unspecified atom stereocenters. The summed E-state index contributed by atoms with van der Waals surface area (Å²) in [6.07, 6.45) is -14.4. The largest absolute Gasteiger partial charge is 0.434 e. The van der Waals surface area contributed by atoms with Crippen molar-refractivity contribution in [3.63, 3.8) is 0 Å². The molecule has 0 saturated carbocycles. The predicted octanol–water partition coefficient (Wildman–Crippen LogP) is 4.26. The number of rotatable bonds is 3. The highest BCUT2D eigenvalue weighted by molar-refractivity contribution is 5.25. The third-order valence-corrected chi connectivity index (χ3v) is 3.41. The molecule has 30 heavy (non-hydrogen) atoms. The summed E-state index contributed by atoms with van der Waals surface area (Å²) in [7, 11) is 0. The van der Waals surface area contributed by atoms with Crippen LogP contribution >= 0.6 is 0 Å². The lowest BCUT2D eigenvalue weighted by Crippen LogP contribution is -2.61. The van der Waals surface area contributed by atoms with E-state index in [9.17, 15) is 61.5 Å². The Balaban J connectivity index is 3.05. The van der Waals surface area contributed by atoms with Gasteiger partial charge in [-0.1, -0.05) is 0 Å². The van der Waals surface area contributed by atoms with Gasteiger partial charge in [0.1, 0.15) is 0 Å². The van der Waals surface area contributed by atoms with Crippen LogP contribution in [0.1, 0.15) is 11.6 Å². The molecule has 0 spiro atoms. The lowest BCUT2D eigenvalue weighted by molar-refractivity contribution is -0.360. The van der Waals surface area contributed by atoms with Crippen molar-refractivity contribution in [3.05, 3.63) is 47.1 Å². The van der Waals surface area contributed by atoms with Crippen LogP contribution in [0.25, 0.3) is 0 Å². The van der Waals surface area contributed by atoms with Crippen LogP contribution in [-0.4, -0.2) is 32.3 Å². The van der Waals surface area contributed by atoms with E-state index in [2.05, 4.69) is 0 Å². The third-order valence-electron chi connectivity index (χ3n) is 3.41. The van der Waals surface area contributed by atoms with Gasteiger partial charge in [-0.2, -0.15) is 72.6 Å². The first-order valence-electron chi connectivity index (χ1n) is 6.68. The Kier molecular flexibility index (Phi) is 5.37. The molecule has 0 amide bonds. The van der Waals surface area contributed by atoms with Gasteiger partial charge in [-0.3, -0.25) is 0 Å². The van der Waals surface area contributed by atoms with Crippen molar-refractivity contribution >= 4 is 0 Å². The highest BCUT2D eigenvalue weighted by atomic mass is 19.4. The monoisotopic (exact) mass is 466 g/mol. The molecule has 0 fully saturated rings. The van der Waals surface area contributed by atoms with Crippen LogP contribution in [0.5, 0.6) is 0 Å². The van der Waals surface area contributed by atoms with Crippen molar-refractivity contribution < 1.29 is 61.5 Å². The van der Waals surface area contributed by atoms with Crippen molar-refractivity contribution in [1.82, 2.24) is 19.9 Å². The van der Waals surface area contributed by atoms with Crippen LogP contribution in [0.3, 0.4) is 0 Å². The van der Waals surface area contributed by atoms with E-state index >= 15 is 0 Å². The predicted molar refractivity (Wildman–Crippen MR) is 61.5 cm³/mol. The Bertz CT molecular complexity index is 862. The van der Waals surface area contributed by atoms with Gasteiger partial charge in [-0.05, 0) is 0 Å². The first-order chi connectivity index (χ1) is 13.4. The van der Waals surface area contributed by atoms with Gasteiger partial charge in [-0.15, -0.1) is 0 Å².